The molecule has 0 atom stereocenters. The minimum absolute atomic E-state index is 0.108. The number of anilines is 2. The molecular weight excluding hydrogens is 268 g/mol. The van der Waals surface area contributed by atoms with Crippen molar-refractivity contribution >= 4 is 23.2 Å². The summed E-state index contributed by atoms with van der Waals surface area (Å²) in [5, 5.41) is 9.37. The highest BCUT2D eigenvalue weighted by Crippen LogP contribution is 2.31. The zero-order valence-electron chi connectivity index (χ0n) is 12.3. The highest BCUT2D eigenvalue weighted by atomic mass is 16.2. The predicted octanol–water partition coefficient (Wildman–Crippen LogP) is 0.875. The summed E-state index contributed by atoms with van der Waals surface area (Å²) < 4.78 is 0. The number of carbonyl (C=O) groups is 2. The van der Waals surface area contributed by atoms with Crippen molar-refractivity contribution in [1.29, 1.82) is 0 Å². The molecule has 2 aliphatic heterocycles. The maximum atomic E-state index is 12.9. The smallest absolute Gasteiger partial charge is 0.256 e. The van der Waals surface area contributed by atoms with E-state index in [0.29, 0.717) is 18.7 Å². The molecule has 0 aromatic heterocycles. The van der Waals surface area contributed by atoms with Gasteiger partial charge in [0, 0.05) is 26.2 Å². The van der Waals surface area contributed by atoms with Crippen molar-refractivity contribution in [2.75, 3.05) is 36.8 Å². The molecule has 3 rings (SSSR count). The molecule has 2 aliphatic rings. The largest absolute Gasteiger partial charge is 0.382 e. The Morgan fingerprint density at radius 2 is 1.90 bits per heavy atom. The maximum Gasteiger partial charge on any atom is 0.256 e. The number of piperazine rings is 1. The van der Waals surface area contributed by atoms with Crippen molar-refractivity contribution in [3.05, 3.63) is 23.8 Å². The summed E-state index contributed by atoms with van der Waals surface area (Å²) in [5.41, 5.74) is 1.55. The Bertz CT molecular complexity index is 597. The van der Waals surface area contributed by atoms with Crippen molar-refractivity contribution in [2.24, 2.45) is 0 Å². The van der Waals surface area contributed by atoms with Crippen LogP contribution < -0.4 is 16.0 Å². The molecule has 0 aliphatic carbocycles. The van der Waals surface area contributed by atoms with Gasteiger partial charge in [-0.1, -0.05) is 6.07 Å². The Morgan fingerprint density at radius 3 is 2.71 bits per heavy atom. The van der Waals surface area contributed by atoms with Gasteiger partial charge in [-0.2, -0.15) is 0 Å². The van der Waals surface area contributed by atoms with Crippen LogP contribution in [0.1, 0.15) is 24.2 Å². The first-order chi connectivity index (χ1) is 10.0. The summed E-state index contributed by atoms with van der Waals surface area (Å²) in [7, 11) is 0. The van der Waals surface area contributed by atoms with E-state index in [0.717, 1.165) is 24.5 Å². The third-order valence-electron chi connectivity index (χ3n) is 4.13. The van der Waals surface area contributed by atoms with Crippen LogP contribution in [-0.4, -0.2) is 48.4 Å². The molecule has 3 N–H and O–H groups in total. The van der Waals surface area contributed by atoms with Gasteiger partial charge in [-0.05, 0) is 26.0 Å². The number of nitrogens with one attached hydrogen (secondary N) is 3. The second kappa shape index (κ2) is 4.95. The maximum absolute atomic E-state index is 12.9. The molecule has 1 aromatic carbocycles. The van der Waals surface area contributed by atoms with Crippen LogP contribution in [0.5, 0.6) is 0 Å². The molecule has 1 fully saturated rings. The van der Waals surface area contributed by atoms with Gasteiger partial charge < -0.3 is 20.9 Å². The lowest BCUT2D eigenvalue weighted by molar-refractivity contribution is -0.133. The van der Waals surface area contributed by atoms with Gasteiger partial charge in [0.2, 0.25) is 5.91 Å². The van der Waals surface area contributed by atoms with E-state index >= 15 is 0 Å². The fraction of sp³-hybridized carbons (Fsp3) is 0.467. The number of benzene rings is 1. The lowest BCUT2D eigenvalue weighted by Gasteiger charge is -2.41. The third-order valence-corrected chi connectivity index (χ3v) is 4.13. The van der Waals surface area contributed by atoms with Crippen LogP contribution >= 0.6 is 0 Å². The van der Waals surface area contributed by atoms with Crippen molar-refractivity contribution < 1.29 is 9.59 Å². The van der Waals surface area contributed by atoms with Crippen LogP contribution in [0.3, 0.4) is 0 Å². The van der Waals surface area contributed by atoms with E-state index in [9.17, 15) is 9.59 Å². The second-order valence-corrected chi connectivity index (χ2v) is 5.85. The molecule has 2 amide bonds. The van der Waals surface area contributed by atoms with Gasteiger partial charge in [0.15, 0.2) is 0 Å². The minimum Gasteiger partial charge on any atom is -0.382 e. The van der Waals surface area contributed by atoms with Gasteiger partial charge >= 0.3 is 0 Å². The Hall–Kier alpha value is -2.24. The average Bonchev–Trinajstić information content (AvgIpc) is 2.49. The topological polar surface area (TPSA) is 73.5 Å². The molecule has 0 unspecified atom stereocenters. The van der Waals surface area contributed by atoms with Crippen molar-refractivity contribution in [3.8, 4) is 0 Å². The van der Waals surface area contributed by atoms with Crippen molar-refractivity contribution in [1.82, 2.24) is 10.2 Å². The lowest BCUT2D eigenvalue weighted by atomic mass is 9.97. The summed E-state index contributed by atoms with van der Waals surface area (Å²) in [5.74, 6) is -0.221. The molecule has 6 nitrogen and oxygen atoms in total. The fourth-order valence-corrected chi connectivity index (χ4v) is 2.85. The first-order valence-corrected chi connectivity index (χ1v) is 7.23. The van der Waals surface area contributed by atoms with Crippen LogP contribution in [0.4, 0.5) is 11.4 Å². The van der Waals surface area contributed by atoms with Gasteiger partial charge in [0.05, 0.1) is 16.9 Å². The highest BCUT2D eigenvalue weighted by Gasteiger charge is 2.41. The van der Waals surface area contributed by atoms with Gasteiger partial charge in [0.25, 0.3) is 5.91 Å². The van der Waals surface area contributed by atoms with Crippen LogP contribution in [0.15, 0.2) is 18.2 Å². The van der Waals surface area contributed by atoms with Crippen LogP contribution in [0.25, 0.3) is 0 Å². The van der Waals surface area contributed by atoms with E-state index in [1.165, 1.54) is 0 Å². The quantitative estimate of drug-likeness (QED) is 0.717. The molecule has 112 valence electrons. The molecule has 0 bridgehead atoms. The number of hydrogen-bond donors (Lipinski definition) is 3. The Balaban J connectivity index is 1.97. The van der Waals surface area contributed by atoms with E-state index in [4.69, 9.17) is 0 Å². The zero-order valence-corrected chi connectivity index (χ0v) is 12.3. The third kappa shape index (κ3) is 2.20. The first kappa shape index (κ1) is 13.7. The molecule has 6 heteroatoms. The average molecular weight is 288 g/mol. The number of nitrogens with zero attached hydrogens (tertiary/aromatic N) is 1. The zero-order chi connectivity index (χ0) is 15.0. The first-order valence-electron chi connectivity index (χ1n) is 7.23. The summed E-state index contributed by atoms with van der Waals surface area (Å²) in [4.78, 5) is 26.6. The normalized spacial score (nSPS) is 19.9. The van der Waals surface area contributed by atoms with Gasteiger partial charge in [0.1, 0.15) is 5.54 Å². The number of para-hydroxylation sites is 1. The number of fused-ring (bicyclic) bond motifs is 1. The van der Waals surface area contributed by atoms with Crippen LogP contribution in [0, 0.1) is 0 Å². The van der Waals surface area contributed by atoms with Gasteiger partial charge in [-0.15, -0.1) is 0 Å². The Labute approximate surface area is 123 Å². The minimum atomic E-state index is -0.833. The van der Waals surface area contributed by atoms with E-state index in [1.54, 1.807) is 18.7 Å². The number of hydrogen-bond acceptors (Lipinski definition) is 4. The van der Waals surface area contributed by atoms with E-state index in [2.05, 4.69) is 16.0 Å². The van der Waals surface area contributed by atoms with Gasteiger partial charge in [-0.25, -0.2) is 0 Å². The molecule has 2 heterocycles. The van der Waals surface area contributed by atoms with Crippen LogP contribution in [-0.2, 0) is 4.79 Å². The summed E-state index contributed by atoms with van der Waals surface area (Å²) in [6.45, 7) is 6.19. The standard InChI is InChI=1S/C15H20N4O2/c1-15(2)14(21)18-8-9-19(15)13(20)10-4-3-5-11-12(10)17-7-6-16-11/h3-5,16-17H,6-9H2,1-2H3,(H,18,21). The Morgan fingerprint density at radius 1 is 1.14 bits per heavy atom. The molecule has 0 spiro atoms. The molecule has 1 aromatic rings. The lowest BCUT2D eigenvalue weighted by Crippen LogP contribution is -2.63. The van der Waals surface area contributed by atoms with Crippen molar-refractivity contribution in [2.45, 2.75) is 19.4 Å². The summed E-state index contributed by atoms with van der Waals surface area (Å²) >= 11 is 0. The molecule has 1 saturated heterocycles. The number of rotatable bonds is 1. The summed E-state index contributed by atoms with van der Waals surface area (Å²) in [6.07, 6.45) is 0. The Kier molecular flexibility index (Phi) is 3.23. The summed E-state index contributed by atoms with van der Waals surface area (Å²) in [6, 6.07) is 5.62. The monoisotopic (exact) mass is 288 g/mol. The molecule has 0 radical (unpaired) electrons. The van der Waals surface area contributed by atoms with Crippen molar-refractivity contribution in [3.63, 3.8) is 0 Å². The van der Waals surface area contributed by atoms with E-state index < -0.39 is 5.54 Å². The van der Waals surface area contributed by atoms with E-state index in [-0.39, 0.29) is 11.8 Å². The van der Waals surface area contributed by atoms with E-state index in [1.807, 2.05) is 18.2 Å². The highest BCUT2D eigenvalue weighted by molar-refractivity contribution is 6.05. The molecular formula is C15H20N4O2. The molecule has 0 saturated carbocycles. The number of amides is 2. The van der Waals surface area contributed by atoms with Gasteiger partial charge in [-0.3, -0.25) is 9.59 Å². The fourth-order valence-electron chi connectivity index (χ4n) is 2.85. The predicted molar refractivity (Wildman–Crippen MR) is 81.5 cm³/mol. The number of carbonyl (C=O) groups excluding carboxylic acids is 2. The SMILES string of the molecule is CC1(C)C(=O)NCCN1C(=O)c1cccc2c1NCCN2. The second-order valence-electron chi connectivity index (χ2n) is 5.85. The molecule has 21 heavy (non-hydrogen) atoms. The van der Waals surface area contributed by atoms with Crippen LogP contribution in [0.2, 0.25) is 0 Å².